The highest BCUT2D eigenvalue weighted by Crippen LogP contribution is 2.36. The van der Waals surface area contributed by atoms with Crippen LogP contribution in [0.3, 0.4) is 0 Å². The van der Waals surface area contributed by atoms with Gasteiger partial charge in [-0.25, -0.2) is 4.99 Å². The highest BCUT2D eigenvalue weighted by atomic mass is 32.2. The zero-order valence-electron chi connectivity index (χ0n) is 21.9. The molecule has 7 nitrogen and oxygen atoms in total. The Balaban J connectivity index is 1.45. The maximum absolute atomic E-state index is 13.7. The summed E-state index contributed by atoms with van der Waals surface area (Å²) in [7, 11) is 1.63. The molecule has 1 aromatic heterocycles. The van der Waals surface area contributed by atoms with Crippen molar-refractivity contribution in [2.45, 2.75) is 20.4 Å². The van der Waals surface area contributed by atoms with Crippen LogP contribution in [0, 0.1) is 13.8 Å². The molecule has 1 N–H and O–H groups in total. The van der Waals surface area contributed by atoms with Gasteiger partial charge in [-0.1, -0.05) is 48.5 Å². The Morgan fingerprint density at radius 2 is 1.64 bits per heavy atom. The second-order valence-electron chi connectivity index (χ2n) is 9.05. The molecule has 1 saturated heterocycles. The fourth-order valence-electron chi connectivity index (χ4n) is 4.26. The summed E-state index contributed by atoms with van der Waals surface area (Å²) in [6.07, 6.45) is 1.87. The molecule has 5 rings (SSSR count). The number of nitrogens with one attached hydrogen (secondary N) is 1. The van der Waals surface area contributed by atoms with Gasteiger partial charge in [-0.3, -0.25) is 24.6 Å². The smallest absolute Gasteiger partial charge is 0.270 e. The highest BCUT2D eigenvalue weighted by molar-refractivity contribution is 8.18. The van der Waals surface area contributed by atoms with E-state index in [1.165, 1.54) is 11.8 Å². The van der Waals surface area contributed by atoms with Crippen LogP contribution >= 0.6 is 11.8 Å². The van der Waals surface area contributed by atoms with E-state index >= 15 is 0 Å². The normalized spacial score (nSPS) is 15.3. The number of aromatic nitrogens is 1. The van der Waals surface area contributed by atoms with Gasteiger partial charge in [0.05, 0.1) is 24.2 Å². The number of thioether (sulfide) groups is 1. The first kappa shape index (κ1) is 26.1. The number of para-hydroxylation sites is 1. The van der Waals surface area contributed by atoms with Crippen LogP contribution in [0.15, 0.2) is 101 Å². The summed E-state index contributed by atoms with van der Waals surface area (Å²) in [6.45, 7) is 4.22. The molecule has 0 aliphatic carbocycles. The SMILES string of the molecule is COc1ccc(CN2C(=O)/C(=C/c3cc(C)n(NC(=O)c4ccccc4)c3C)SC2=Nc2ccccc2)cc1. The van der Waals surface area contributed by atoms with Crippen LogP contribution in [0.4, 0.5) is 5.69 Å². The molecular weight excluding hydrogens is 508 g/mol. The number of benzene rings is 3. The molecule has 196 valence electrons. The molecule has 0 atom stereocenters. The fourth-order valence-corrected chi connectivity index (χ4v) is 5.25. The maximum Gasteiger partial charge on any atom is 0.270 e. The number of carbonyl (C=O) groups excluding carboxylic acids is 2. The number of ether oxygens (including phenoxy) is 1. The number of aryl methyl sites for hydroxylation is 1. The molecule has 0 saturated carbocycles. The highest BCUT2D eigenvalue weighted by Gasteiger charge is 2.34. The van der Waals surface area contributed by atoms with E-state index in [1.54, 1.807) is 28.8 Å². The zero-order valence-corrected chi connectivity index (χ0v) is 22.7. The molecule has 0 radical (unpaired) electrons. The summed E-state index contributed by atoms with van der Waals surface area (Å²) in [4.78, 5) is 33.5. The molecule has 1 aliphatic heterocycles. The van der Waals surface area contributed by atoms with Gasteiger partial charge >= 0.3 is 0 Å². The summed E-state index contributed by atoms with van der Waals surface area (Å²) in [5.41, 5.74) is 7.80. The van der Waals surface area contributed by atoms with Crippen molar-refractivity contribution >= 4 is 40.5 Å². The number of amidine groups is 1. The second-order valence-corrected chi connectivity index (χ2v) is 10.1. The van der Waals surface area contributed by atoms with Crippen LogP contribution in [0.1, 0.15) is 32.9 Å². The van der Waals surface area contributed by atoms with Crippen LogP contribution < -0.4 is 10.2 Å². The molecule has 2 heterocycles. The van der Waals surface area contributed by atoms with Crippen LogP contribution in [0.25, 0.3) is 6.08 Å². The summed E-state index contributed by atoms with van der Waals surface area (Å²) in [6, 6.07) is 28.3. The van der Waals surface area contributed by atoms with Crippen molar-refractivity contribution in [3.63, 3.8) is 0 Å². The monoisotopic (exact) mass is 536 g/mol. The number of rotatable bonds is 7. The van der Waals surface area contributed by atoms with Crippen LogP contribution in [0.2, 0.25) is 0 Å². The summed E-state index contributed by atoms with van der Waals surface area (Å²) >= 11 is 1.34. The van der Waals surface area contributed by atoms with Crippen molar-refractivity contribution in [2.24, 2.45) is 4.99 Å². The molecule has 0 unspecified atom stereocenters. The van der Waals surface area contributed by atoms with Gasteiger partial charge < -0.3 is 4.74 Å². The predicted molar refractivity (Wildman–Crippen MR) is 157 cm³/mol. The maximum atomic E-state index is 13.7. The minimum absolute atomic E-state index is 0.122. The summed E-state index contributed by atoms with van der Waals surface area (Å²) in [5.74, 6) is 0.434. The van der Waals surface area contributed by atoms with E-state index < -0.39 is 0 Å². The Morgan fingerprint density at radius 3 is 2.31 bits per heavy atom. The molecule has 1 fully saturated rings. The van der Waals surface area contributed by atoms with Gasteiger partial charge in [0.25, 0.3) is 11.8 Å². The van der Waals surface area contributed by atoms with Gasteiger partial charge in [-0.15, -0.1) is 0 Å². The first-order chi connectivity index (χ1) is 18.9. The van der Waals surface area contributed by atoms with Crippen molar-refractivity contribution in [3.8, 4) is 5.75 Å². The lowest BCUT2D eigenvalue weighted by molar-refractivity contribution is -0.122. The number of hydrogen-bond acceptors (Lipinski definition) is 5. The average molecular weight is 537 g/mol. The molecule has 2 amide bonds. The lowest BCUT2D eigenvalue weighted by Gasteiger charge is -2.16. The van der Waals surface area contributed by atoms with E-state index in [4.69, 9.17) is 9.73 Å². The van der Waals surface area contributed by atoms with Gasteiger partial charge in [0.1, 0.15) is 5.75 Å². The molecule has 0 bridgehead atoms. The van der Waals surface area contributed by atoms with E-state index in [0.717, 1.165) is 34.0 Å². The Kier molecular flexibility index (Phi) is 7.65. The fraction of sp³-hybridized carbons (Fsp3) is 0.129. The zero-order chi connectivity index (χ0) is 27.4. The van der Waals surface area contributed by atoms with E-state index in [0.29, 0.717) is 22.2 Å². The minimum atomic E-state index is -0.203. The first-order valence-electron chi connectivity index (χ1n) is 12.5. The molecule has 39 heavy (non-hydrogen) atoms. The van der Waals surface area contributed by atoms with Gasteiger partial charge in [-0.05, 0) is 85.3 Å². The van der Waals surface area contributed by atoms with Crippen molar-refractivity contribution in [3.05, 3.63) is 124 Å². The average Bonchev–Trinajstić information content (AvgIpc) is 3.39. The van der Waals surface area contributed by atoms with Gasteiger partial charge in [0, 0.05) is 17.0 Å². The van der Waals surface area contributed by atoms with E-state index in [2.05, 4.69) is 5.43 Å². The topological polar surface area (TPSA) is 75.9 Å². The molecule has 3 aromatic carbocycles. The van der Waals surface area contributed by atoms with Gasteiger partial charge in [-0.2, -0.15) is 0 Å². The van der Waals surface area contributed by atoms with Crippen molar-refractivity contribution in [1.29, 1.82) is 0 Å². The lowest BCUT2D eigenvalue weighted by Crippen LogP contribution is -2.28. The lowest BCUT2D eigenvalue weighted by atomic mass is 10.2. The Hall–Kier alpha value is -4.56. The van der Waals surface area contributed by atoms with E-state index in [-0.39, 0.29) is 11.8 Å². The van der Waals surface area contributed by atoms with Crippen molar-refractivity contribution < 1.29 is 14.3 Å². The number of amides is 2. The third kappa shape index (κ3) is 5.81. The number of nitrogens with zero attached hydrogens (tertiary/aromatic N) is 3. The van der Waals surface area contributed by atoms with Crippen molar-refractivity contribution in [2.75, 3.05) is 12.5 Å². The number of methoxy groups -OCH3 is 1. The van der Waals surface area contributed by atoms with Gasteiger partial charge in [0.2, 0.25) is 0 Å². The number of carbonyl (C=O) groups is 2. The predicted octanol–water partition coefficient (Wildman–Crippen LogP) is 6.30. The second kappa shape index (κ2) is 11.4. The molecule has 8 heteroatoms. The largest absolute Gasteiger partial charge is 0.497 e. The van der Waals surface area contributed by atoms with Crippen LogP contribution in [-0.4, -0.2) is 33.7 Å². The van der Waals surface area contributed by atoms with E-state index in [1.807, 2.05) is 98.8 Å². The minimum Gasteiger partial charge on any atom is -0.497 e. The number of hydrogen-bond donors (Lipinski definition) is 1. The molecule has 0 spiro atoms. The Labute approximate surface area is 231 Å². The molecule has 4 aromatic rings. The van der Waals surface area contributed by atoms with Crippen LogP contribution in [-0.2, 0) is 11.3 Å². The standard InChI is InChI=1S/C31H28N4O3S/c1-21-18-25(22(2)35(21)33-29(36)24-10-6-4-7-11-24)19-28-30(37)34(20-23-14-16-27(38-3)17-15-23)31(39-28)32-26-12-8-5-9-13-26/h4-19H,20H2,1-3H3,(H,33,36)/b28-19-,32-31?. The molecule has 1 aliphatic rings. The van der Waals surface area contributed by atoms with E-state index in [9.17, 15) is 9.59 Å². The molecular formula is C31H28N4O3S. The summed E-state index contributed by atoms with van der Waals surface area (Å²) < 4.78 is 7.02. The first-order valence-corrected chi connectivity index (χ1v) is 13.3. The number of aliphatic imine (C=N–C) groups is 1. The van der Waals surface area contributed by atoms with Crippen LogP contribution in [0.5, 0.6) is 5.75 Å². The quantitative estimate of drug-likeness (QED) is 0.281. The Bertz CT molecular complexity index is 1560. The Morgan fingerprint density at radius 1 is 0.974 bits per heavy atom. The van der Waals surface area contributed by atoms with Crippen molar-refractivity contribution in [1.82, 2.24) is 9.58 Å². The summed E-state index contributed by atoms with van der Waals surface area (Å²) in [5, 5.41) is 0.611. The van der Waals surface area contributed by atoms with Gasteiger partial charge in [0.15, 0.2) is 5.17 Å². The third-order valence-electron chi connectivity index (χ3n) is 6.37. The third-order valence-corrected chi connectivity index (χ3v) is 7.38.